The lowest BCUT2D eigenvalue weighted by molar-refractivity contribution is -0.384. The largest absolute Gasteiger partial charge is 0.378 e. The van der Waals surface area contributed by atoms with Crippen LogP contribution in [0.5, 0.6) is 0 Å². The zero-order chi connectivity index (χ0) is 15.6. The molecule has 0 amide bonds. The van der Waals surface area contributed by atoms with Gasteiger partial charge < -0.3 is 5.32 Å². The van der Waals surface area contributed by atoms with Crippen molar-refractivity contribution in [2.75, 3.05) is 18.4 Å². The molecule has 0 saturated carbocycles. The second-order valence-corrected chi connectivity index (χ2v) is 5.88. The molecule has 1 aliphatic rings. The van der Waals surface area contributed by atoms with Crippen molar-refractivity contribution in [3.63, 3.8) is 0 Å². The van der Waals surface area contributed by atoms with E-state index in [0.29, 0.717) is 18.3 Å². The lowest BCUT2D eigenvalue weighted by Gasteiger charge is -2.31. The fourth-order valence-corrected chi connectivity index (χ4v) is 2.80. The molecule has 0 radical (unpaired) electrons. The van der Waals surface area contributed by atoms with Gasteiger partial charge in [0.25, 0.3) is 5.69 Å². The van der Waals surface area contributed by atoms with Crippen LogP contribution in [0.3, 0.4) is 0 Å². The summed E-state index contributed by atoms with van der Waals surface area (Å²) >= 11 is 0. The highest BCUT2D eigenvalue weighted by molar-refractivity contribution is 5.67. The van der Waals surface area contributed by atoms with Gasteiger partial charge in [-0.15, -0.1) is 0 Å². The van der Waals surface area contributed by atoms with Crippen LogP contribution in [0.2, 0.25) is 0 Å². The van der Waals surface area contributed by atoms with Crippen molar-refractivity contribution in [2.24, 2.45) is 0 Å². The van der Waals surface area contributed by atoms with Gasteiger partial charge in [0.1, 0.15) is 5.69 Å². The lowest BCUT2D eigenvalue weighted by atomic mass is 10.0. The minimum atomic E-state index is -0.311. The smallest absolute Gasteiger partial charge is 0.292 e. The van der Waals surface area contributed by atoms with E-state index in [-0.39, 0.29) is 16.7 Å². The third-order valence-electron chi connectivity index (χ3n) is 4.07. The van der Waals surface area contributed by atoms with Gasteiger partial charge in [-0.2, -0.15) is 0 Å². The number of nitrogens with zero attached hydrogens (tertiary/aromatic N) is 2. The Balaban J connectivity index is 2.41. The summed E-state index contributed by atoms with van der Waals surface area (Å²) in [4.78, 5) is 13.3. The van der Waals surface area contributed by atoms with Gasteiger partial charge in [0.2, 0.25) is 0 Å². The van der Waals surface area contributed by atoms with Crippen molar-refractivity contribution in [2.45, 2.75) is 39.8 Å². The van der Waals surface area contributed by atoms with Crippen LogP contribution < -0.4 is 5.32 Å². The van der Waals surface area contributed by atoms with Gasteiger partial charge in [-0.05, 0) is 33.3 Å². The summed E-state index contributed by atoms with van der Waals surface area (Å²) in [5, 5.41) is 14.5. The predicted molar refractivity (Wildman–Crippen MR) is 85.6 cm³/mol. The van der Waals surface area contributed by atoms with Crippen LogP contribution in [0.4, 0.5) is 11.4 Å². The topological polar surface area (TPSA) is 58.4 Å². The number of benzene rings is 1. The van der Waals surface area contributed by atoms with Crippen LogP contribution in [0, 0.1) is 10.1 Å². The molecule has 0 spiro atoms. The van der Waals surface area contributed by atoms with Gasteiger partial charge in [0, 0.05) is 31.2 Å². The van der Waals surface area contributed by atoms with E-state index < -0.39 is 0 Å². The summed E-state index contributed by atoms with van der Waals surface area (Å²) in [6, 6.07) is 5.76. The molecule has 5 nitrogen and oxygen atoms in total. The highest BCUT2D eigenvalue weighted by atomic mass is 16.6. The molecule has 1 aromatic carbocycles. The number of nitro benzene ring substituents is 1. The van der Waals surface area contributed by atoms with E-state index in [1.807, 2.05) is 6.07 Å². The molecule has 0 bridgehead atoms. The number of rotatable bonds is 3. The van der Waals surface area contributed by atoms with Crippen molar-refractivity contribution >= 4 is 11.4 Å². The Morgan fingerprint density at radius 2 is 2.19 bits per heavy atom. The molecule has 0 aliphatic carbocycles. The molecule has 0 saturated heterocycles. The SMILES string of the molecule is CC(C)=CCN1[C@H](C)CNc2c(cccc2[N+](=O)[O-])[C@@H]1C. The fourth-order valence-electron chi connectivity index (χ4n) is 2.80. The van der Waals surface area contributed by atoms with Gasteiger partial charge >= 0.3 is 0 Å². The van der Waals surface area contributed by atoms with Crippen molar-refractivity contribution in [1.29, 1.82) is 0 Å². The number of anilines is 1. The Labute approximate surface area is 125 Å². The maximum Gasteiger partial charge on any atom is 0.292 e. The van der Waals surface area contributed by atoms with Crippen molar-refractivity contribution < 1.29 is 4.92 Å². The first-order chi connectivity index (χ1) is 9.91. The van der Waals surface area contributed by atoms with Crippen LogP contribution in [0.15, 0.2) is 29.8 Å². The summed E-state index contributed by atoms with van der Waals surface area (Å²) in [6.45, 7) is 10.0. The average molecular weight is 289 g/mol. The maximum absolute atomic E-state index is 11.2. The van der Waals surface area contributed by atoms with Gasteiger partial charge in [0.15, 0.2) is 0 Å². The molecule has 0 fully saturated rings. The molecule has 1 heterocycles. The second-order valence-electron chi connectivity index (χ2n) is 5.88. The third-order valence-corrected chi connectivity index (χ3v) is 4.07. The first kappa shape index (κ1) is 15.5. The highest BCUT2D eigenvalue weighted by Gasteiger charge is 2.29. The van der Waals surface area contributed by atoms with Crippen LogP contribution >= 0.6 is 0 Å². The minimum absolute atomic E-state index is 0.139. The molecule has 114 valence electrons. The van der Waals surface area contributed by atoms with E-state index >= 15 is 0 Å². The molecule has 0 aromatic heterocycles. The molecular formula is C16H23N3O2. The number of nitro groups is 1. The molecular weight excluding hydrogens is 266 g/mol. The minimum Gasteiger partial charge on any atom is -0.378 e. The number of nitrogens with one attached hydrogen (secondary N) is 1. The molecule has 5 heteroatoms. The summed E-state index contributed by atoms with van der Waals surface area (Å²) in [7, 11) is 0. The molecule has 21 heavy (non-hydrogen) atoms. The van der Waals surface area contributed by atoms with E-state index in [9.17, 15) is 10.1 Å². The standard InChI is InChI=1S/C16H23N3O2/c1-11(2)8-9-18-12(3)10-17-16-14(13(18)4)6-5-7-15(16)19(20)21/h5-8,12-13,17H,9-10H2,1-4H3/t12-,13+/m1/s1. The lowest BCUT2D eigenvalue weighted by Crippen LogP contribution is -2.37. The van der Waals surface area contributed by atoms with E-state index in [0.717, 1.165) is 12.1 Å². The number of hydrogen-bond donors (Lipinski definition) is 1. The first-order valence-electron chi connectivity index (χ1n) is 7.32. The van der Waals surface area contributed by atoms with Crippen LogP contribution in [0.1, 0.15) is 39.3 Å². The molecule has 0 unspecified atom stereocenters. The van der Waals surface area contributed by atoms with E-state index in [1.165, 1.54) is 5.57 Å². The van der Waals surface area contributed by atoms with Gasteiger partial charge in [-0.25, -0.2) is 0 Å². The van der Waals surface area contributed by atoms with Gasteiger partial charge in [-0.1, -0.05) is 23.8 Å². The Morgan fingerprint density at radius 3 is 2.81 bits per heavy atom. The Bertz CT molecular complexity index is 565. The molecule has 2 rings (SSSR count). The Morgan fingerprint density at radius 1 is 1.48 bits per heavy atom. The predicted octanol–water partition coefficient (Wildman–Crippen LogP) is 3.74. The normalized spacial score (nSPS) is 21.9. The van der Waals surface area contributed by atoms with Crippen molar-refractivity contribution in [3.8, 4) is 0 Å². The third kappa shape index (κ3) is 3.24. The second kappa shape index (κ2) is 6.26. The van der Waals surface area contributed by atoms with Crippen LogP contribution in [0.25, 0.3) is 0 Å². The van der Waals surface area contributed by atoms with E-state index in [4.69, 9.17) is 0 Å². The van der Waals surface area contributed by atoms with Gasteiger partial charge in [0.05, 0.1) is 4.92 Å². The molecule has 1 aliphatic heterocycles. The maximum atomic E-state index is 11.2. The quantitative estimate of drug-likeness (QED) is 0.523. The molecule has 1 N–H and O–H groups in total. The number of hydrogen-bond acceptors (Lipinski definition) is 4. The summed E-state index contributed by atoms with van der Waals surface area (Å²) in [5.74, 6) is 0. The van der Waals surface area contributed by atoms with E-state index in [1.54, 1.807) is 12.1 Å². The molecule has 2 atom stereocenters. The summed E-state index contributed by atoms with van der Waals surface area (Å²) in [6.07, 6.45) is 2.20. The Kier molecular flexibility index (Phi) is 4.63. The number of fused-ring (bicyclic) bond motifs is 1. The first-order valence-corrected chi connectivity index (χ1v) is 7.32. The van der Waals surface area contributed by atoms with Crippen molar-refractivity contribution in [3.05, 3.63) is 45.5 Å². The zero-order valence-corrected chi connectivity index (χ0v) is 13.1. The summed E-state index contributed by atoms with van der Waals surface area (Å²) < 4.78 is 0. The molecule has 1 aromatic rings. The van der Waals surface area contributed by atoms with E-state index in [2.05, 4.69) is 44.0 Å². The fraction of sp³-hybridized carbons (Fsp3) is 0.500. The highest BCUT2D eigenvalue weighted by Crippen LogP contribution is 2.37. The van der Waals surface area contributed by atoms with Crippen molar-refractivity contribution in [1.82, 2.24) is 4.90 Å². The average Bonchev–Trinajstić information content (AvgIpc) is 2.54. The van der Waals surface area contributed by atoms with Crippen LogP contribution in [-0.2, 0) is 0 Å². The summed E-state index contributed by atoms with van der Waals surface area (Å²) in [5.41, 5.74) is 3.11. The number of para-hydroxylation sites is 1. The number of allylic oxidation sites excluding steroid dienone is 1. The zero-order valence-electron chi connectivity index (χ0n) is 13.1. The van der Waals surface area contributed by atoms with Gasteiger partial charge in [-0.3, -0.25) is 15.0 Å². The van der Waals surface area contributed by atoms with Crippen LogP contribution in [-0.4, -0.2) is 29.0 Å². The monoisotopic (exact) mass is 289 g/mol. The Hall–Kier alpha value is -1.88.